The minimum absolute atomic E-state index is 0.681. The number of pyridine rings is 1. The lowest BCUT2D eigenvalue weighted by molar-refractivity contribution is 0.289. The highest BCUT2D eigenvalue weighted by atomic mass is 16.5. The molecule has 0 spiro atoms. The van der Waals surface area contributed by atoms with Crippen LogP contribution in [0.5, 0.6) is 5.75 Å². The van der Waals surface area contributed by atoms with Crippen molar-refractivity contribution in [3.05, 3.63) is 18.3 Å². The summed E-state index contributed by atoms with van der Waals surface area (Å²) in [6, 6.07) is 3.82. The van der Waals surface area contributed by atoms with Gasteiger partial charge in [-0.15, -0.1) is 0 Å². The Bertz CT molecular complexity index is 287. The highest BCUT2D eigenvalue weighted by Gasteiger charge is 1.98. The monoisotopic (exact) mass is 208 g/mol. The van der Waals surface area contributed by atoms with Gasteiger partial charge in [0.2, 0.25) is 0 Å². The highest BCUT2D eigenvalue weighted by Crippen LogP contribution is 2.15. The molecular weight excluding hydrogens is 188 g/mol. The van der Waals surface area contributed by atoms with Crippen LogP contribution in [0, 0.1) is 5.92 Å². The second-order valence-corrected chi connectivity index (χ2v) is 3.94. The van der Waals surface area contributed by atoms with Crippen molar-refractivity contribution < 1.29 is 4.74 Å². The summed E-state index contributed by atoms with van der Waals surface area (Å²) in [5.74, 6) is 2.45. The summed E-state index contributed by atoms with van der Waals surface area (Å²) in [6.45, 7) is 8.09. The van der Waals surface area contributed by atoms with Gasteiger partial charge in [0.1, 0.15) is 11.6 Å². The number of ether oxygens (including phenoxy) is 1. The summed E-state index contributed by atoms with van der Waals surface area (Å²) < 4.78 is 5.62. The zero-order valence-corrected chi connectivity index (χ0v) is 9.79. The first-order valence-corrected chi connectivity index (χ1v) is 5.55. The number of rotatable bonds is 6. The Morgan fingerprint density at radius 3 is 2.93 bits per heavy atom. The third-order valence-corrected chi connectivity index (χ3v) is 2.05. The molecule has 0 aliphatic rings. The maximum atomic E-state index is 5.62. The summed E-state index contributed by atoms with van der Waals surface area (Å²) in [7, 11) is 0. The van der Waals surface area contributed by atoms with Crippen molar-refractivity contribution in [3.8, 4) is 5.75 Å². The Hall–Kier alpha value is -1.25. The SMILES string of the molecule is CCNc1cc(OCCC(C)C)ccn1. The quantitative estimate of drug-likeness (QED) is 0.780. The summed E-state index contributed by atoms with van der Waals surface area (Å²) >= 11 is 0. The van der Waals surface area contributed by atoms with Gasteiger partial charge in [0, 0.05) is 18.8 Å². The summed E-state index contributed by atoms with van der Waals surface area (Å²) in [5.41, 5.74) is 0. The molecule has 1 N–H and O–H groups in total. The smallest absolute Gasteiger partial charge is 0.129 e. The van der Waals surface area contributed by atoms with Gasteiger partial charge >= 0.3 is 0 Å². The van der Waals surface area contributed by atoms with Crippen LogP contribution in [0.15, 0.2) is 18.3 Å². The molecule has 1 heterocycles. The van der Waals surface area contributed by atoms with Gasteiger partial charge in [-0.2, -0.15) is 0 Å². The van der Waals surface area contributed by atoms with E-state index in [0.29, 0.717) is 5.92 Å². The van der Waals surface area contributed by atoms with Gasteiger partial charge in [0.05, 0.1) is 6.61 Å². The molecule has 0 unspecified atom stereocenters. The highest BCUT2D eigenvalue weighted by molar-refractivity contribution is 5.40. The van der Waals surface area contributed by atoms with E-state index < -0.39 is 0 Å². The zero-order valence-electron chi connectivity index (χ0n) is 9.79. The van der Waals surface area contributed by atoms with E-state index in [1.165, 1.54) is 0 Å². The van der Waals surface area contributed by atoms with Crippen molar-refractivity contribution in [3.63, 3.8) is 0 Å². The van der Waals surface area contributed by atoms with Gasteiger partial charge in [-0.1, -0.05) is 13.8 Å². The average molecular weight is 208 g/mol. The fourth-order valence-corrected chi connectivity index (χ4v) is 1.19. The van der Waals surface area contributed by atoms with Crippen LogP contribution in [-0.2, 0) is 0 Å². The Morgan fingerprint density at radius 2 is 2.27 bits per heavy atom. The van der Waals surface area contributed by atoms with Crippen LogP contribution in [0.3, 0.4) is 0 Å². The molecule has 0 aromatic carbocycles. The van der Waals surface area contributed by atoms with Crippen molar-refractivity contribution in [2.45, 2.75) is 27.2 Å². The fraction of sp³-hybridized carbons (Fsp3) is 0.583. The zero-order chi connectivity index (χ0) is 11.1. The van der Waals surface area contributed by atoms with Crippen molar-refractivity contribution in [2.24, 2.45) is 5.92 Å². The van der Waals surface area contributed by atoms with E-state index in [9.17, 15) is 0 Å². The molecule has 1 aromatic heterocycles. The van der Waals surface area contributed by atoms with Crippen molar-refractivity contribution in [2.75, 3.05) is 18.5 Å². The van der Waals surface area contributed by atoms with Gasteiger partial charge in [-0.05, 0) is 25.3 Å². The molecule has 0 radical (unpaired) electrons. The summed E-state index contributed by atoms with van der Waals surface area (Å²) in [6.07, 6.45) is 2.85. The molecule has 0 amide bonds. The minimum atomic E-state index is 0.681. The third kappa shape index (κ3) is 4.68. The van der Waals surface area contributed by atoms with Gasteiger partial charge in [-0.25, -0.2) is 4.98 Å². The molecule has 3 heteroatoms. The first-order chi connectivity index (χ1) is 7.22. The summed E-state index contributed by atoms with van der Waals surface area (Å²) in [5, 5.41) is 3.16. The molecule has 0 bridgehead atoms. The Balaban J connectivity index is 2.43. The normalized spacial score (nSPS) is 10.4. The van der Waals surface area contributed by atoms with Crippen LogP contribution in [0.2, 0.25) is 0 Å². The van der Waals surface area contributed by atoms with E-state index in [2.05, 4.69) is 24.1 Å². The minimum Gasteiger partial charge on any atom is -0.493 e. The Morgan fingerprint density at radius 1 is 1.47 bits per heavy atom. The maximum absolute atomic E-state index is 5.62. The lowest BCUT2D eigenvalue weighted by atomic mass is 10.1. The topological polar surface area (TPSA) is 34.1 Å². The molecule has 84 valence electrons. The molecule has 0 aliphatic carbocycles. The second-order valence-electron chi connectivity index (χ2n) is 3.94. The van der Waals surface area contributed by atoms with E-state index in [-0.39, 0.29) is 0 Å². The number of hydrogen-bond donors (Lipinski definition) is 1. The molecule has 0 fully saturated rings. The lowest BCUT2D eigenvalue weighted by Gasteiger charge is -2.09. The largest absolute Gasteiger partial charge is 0.493 e. The average Bonchev–Trinajstić information content (AvgIpc) is 2.18. The molecule has 0 saturated heterocycles. The standard InChI is InChI=1S/C12H20N2O/c1-4-13-12-9-11(5-7-14-12)15-8-6-10(2)3/h5,7,9-10H,4,6,8H2,1-3H3,(H,13,14). The van der Waals surface area contributed by atoms with Crippen LogP contribution < -0.4 is 10.1 Å². The molecule has 0 atom stereocenters. The number of nitrogens with zero attached hydrogens (tertiary/aromatic N) is 1. The maximum Gasteiger partial charge on any atom is 0.129 e. The molecule has 1 rings (SSSR count). The Labute approximate surface area is 91.9 Å². The molecular formula is C12H20N2O. The molecule has 0 saturated carbocycles. The van der Waals surface area contributed by atoms with Crippen molar-refractivity contribution in [1.82, 2.24) is 4.98 Å². The van der Waals surface area contributed by atoms with E-state index in [1.54, 1.807) is 6.20 Å². The van der Waals surface area contributed by atoms with Gasteiger partial charge in [-0.3, -0.25) is 0 Å². The predicted molar refractivity (Wildman–Crippen MR) is 63.4 cm³/mol. The lowest BCUT2D eigenvalue weighted by Crippen LogP contribution is -2.03. The summed E-state index contributed by atoms with van der Waals surface area (Å²) in [4.78, 5) is 4.18. The molecule has 3 nitrogen and oxygen atoms in total. The first-order valence-electron chi connectivity index (χ1n) is 5.55. The number of anilines is 1. The van der Waals surface area contributed by atoms with Crippen LogP contribution in [0.4, 0.5) is 5.82 Å². The number of aromatic nitrogens is 1. The van der Waals surface area contributed by atoms with E-state index in [1.807, 2.05) is 19.1 Å². The van der Waals surface area contributed by atoms with Crippen molar-refractivity contribution >= 4 is 5.82 Å². The van der Waals surface area contributed by atoms with Gasteiger partial charge in [0.15, 0.2) is 0 Å². The van der Waals surface area contributed by atoms with Crippen LogP contribution in [0.25, 0.3) is 0 Å². The second kappa shape index (κ2) is 6.27. The Kier molecular flexibility index (Phi) is 4.95. The number of hydrogen-bond acceptors (Lipinski definition) is 3. The number of nitrogens with one attached hydrogen (secondary N) is 1. The van der Waals surface area contributed by atoms with Crippen LogP contribution in [-0.4, -0.2) is 18.1 Å². The first kappa shape index (κ1) is 11.8. The van der Waals surface area contributed by atoms with Crippen LogP contribution in [0.1, 0.15) is 27.2 Å². The van der Waals surface area contributed by atoms with Gasteiger partial charge < -0.3 is 10.1 Å². The van der Waals surface area contributed by atoms with E-state index >= 15 is 0 Å². The fourth-order valence-electron chi connectivity index (χ4n) is 1.19. The van der Waals surface area contributed by atoms with Crippen LogP contribution >= 0.6 is 0 Å². The molecule has 1 aromatic rings. The molecule has 15 heavy (non-hydrogen) atoms. The van der Waals surface area contributed by atoms with Crippen molar-refractivity contribution in [1.29, 1.82) is 0 Å². The van der Waals surface area contributed by atoms with E-state index in [4.69, 9.17) is 4.74 Å². The third-order valence-electron chi connectivity index (χ3n) is 2.05. The molecule has 0 aliphatic heterocycles. The predicted octanol–water partition coefficient (Wildman–Crippen LogP) is 2.94. The van der Waals surface area contributed by atoms with Gasteiger partial charge in [0.25, 0.3) is 0 Å². The van der Waals surface area contributed by atoms with E-state index in [0.717, 1.165) is 31.1 Å².